The van der Waals surface area contributed by atoms with Crippen LogP contribution in [0.1, 0.15) is 13.3 Å². The summed E-state index contributed by atoms with van der Waals surface area (Å²) >= 11 is 5.80. The van der Waals surface area contributed by atoms with Crippen molar-refractivity contribution in [2.45, 2.75) is 13.3 Å². The molecule has 14 heavy (non-hydrogen) atoms. The Labute approximate surface area is 88.5 Å². The second-order valence-corrected chi connectivity index (χ2v) is 4.40. The summed E-state index contributed by atoms with van der Waals surface area (Å²) in [7, 11) is 0. The van der Waals surface area contributed by atoms with E-state index in [2.05, 4.69) is 11.8 Å². The van der Waals surface area contributed by atoms with Gasteiger partial charge in [0.1, 0.15) is 5.82 Å². The summed E-state index contributed by atoms with van der Waals surface area (Å²) < 4.78 is 13.1. The predicted octanol–water partition coefficient (Wildman–Crippen LogP) is 3.33. The van der Waals surface area contributed by atoms with E-state index in [1.807, 2.05) is 6.07 Å². The lowest BCUT2D eigenvalue weighted by Gasteiger charge is -2.18. The molecule has 0 bridgehead atoms. The van der Waals surface area contributed by atoms with Gasteiger partial charge in [-0.25, -0.2) is 4.39 Å². The zero-order valence-corrected chi connectivity index (χ0v) is 8.89. The monoisotopic (exact) mass is 213 g/mol. The van der Waals surface area contributed by atoms with Gasteiger partial charge in [0, 0.05) is 23.8 Å². The van der Waals surface area contributed by atoms with Crippen LogP contribution < -0.4 is 4.90 Å². The minimum Gasteiger partial charge on any atom is -0.371 e. The van der Waals surface area contributed by atoms with Crippen molar-refractivity contribution in [3.05, 3.63) is 29.0 Å². The average Bonchev–Trinajstić information content (AvgIpc) is 2.50. The lowest BCUT2D eigenvalue weighted by molar-refractivity contribution is 0.626. The molecule has 1 aliphatic heterocycles. The highest BCUT2D eigenvalue weighted by Gasteiger charge is 2.19. The minimum absolute atomic E-state index is 0.257. The van der Waals surface area contributed by atoms with Crippen LogP contribution in [-0.2, 0) is 0 Å². The number of anilines is 1. The van der Waals surface area contributed by atoms with Gasteiger partial charge in [0.15, 0.2) is 0 Å². The molecule has 1 aromatic rings. The van der Waals surface area contributed by atoms with Crippen molar-refractivity contribution < 1.29 is 4.39 Å². The number of hydrogen-bond donors (Lipinski definition) is 0. The van der Waals surface area contributed by atoms with E-state index >= 15 is 0 Å². The van der Waals surface area contributed by atoms with Crippen LogP contribution in [0.2, 0.25) is 5.02 Å². The topological polar surface area (TPSA) is 3.24 Å². The SMILES string of the molecule is CC1CCN(c2cc(F)cc(Cl)c2)C1. The van der Waals surface area contributed by atoms with Crippen LogP contribution in [0.4, 0.5) is 10.1 Å². The quantitative estimate of drug-likeness (QED) is 0.692. The first-order chi connectivity index (χ1) is 6.65. The van der Waals surface area contributed by atoms with Crippen LogP contribution in [0.15, 0.2) is 18.2 Å². The van der Waals surface area contributed by atoms with Crippen LogP contribution in [-0.4, -0.2) is 13.1 Å². The second-order valence-electron chi connectivity index (χ2n) is 3.97. The van der Waals surface area contributed by atoms with Crippen molar-refractivity contribution >= 4 is 17.3 Å². The first kappa shape index (κ1) is 9.78. The van der Waals surface area contributed by atoms with Crippen molar-refractivity contribution in [3.63, 3.8) is 0 Å². The molecule has 1 saturated heterocycles. The molecule has 0 radical (unpaired) electrons. The summed E-state index contributed by atoms with van der Waals surface area (Å²) in [5.41, 5.74) is 0.902. The molecular formula is C11H13ClFN. The van der Waals surface area contributed by atoms with Crippen molar-refractivity contribution in [1.82, 2.24) is 0 Å². The maximum atomic E-state index is 13.1. The van der Waals surface area contributed by atoms with Gasteiger partial charge in [-0.15, -0.1) is 0 Å². The first-order valence-electron chi connectivity index (χ1n) is 4.86. The minimum atomic E-state index is -0.257. The smallest absolute Gasteiger partial charge is 0.126 e. The fourth-order valence-electron chi connectivity index (χ4n) is 1.89. The summed E-state index contributed by atoms with van der Waals surface area (Å²) in [6.07, 6.45) is 1.17. The Morgan fingerprint density at radius 2 is 2.21 bits per heavy atom. The molecule has 1 atom stereocenters. The van der Waals surface area contributed by atoms with E-state index in [1.165, 1.54) is 12.5 Å². The van der Waals surface area contributed by atoms with Gasteiger partial charge in [-0.05, 0) is 30.5 Å². The van der Waals surface area contributed by atoms with Crippen molar-refractivity contribution in [3.8, 4) is 0 Å². The van der Waals surface area contributed by atoms with Crippen LogP contribution in [0, 0.1) is 11.7 Å². The van der Waals surface area contributed by atoms with Crippen LogP contribution in [0.3, 0.4) is 0 Å². The molecule has 2 rings (SSSR count). The van der Waals surface area contributed by atoms with Crippen LogP contribution in [0.25, 0.3) is 0 Å². The van der Waals surface area contributed by atoms with Crippen LogP contribution in [0.5, 0.6) is 0 Å². The van der Waals surface area contributed by atoms with Gasteiger partial charge in [0.25, 0.3) is 0 Å². The summed E-state index contributed by atoms with van der Waals surface area (Å²) in [5.74, 6) is 0.434. The molecule has 1 aromatic carbocycles. The Morgan fingerprint density at radius 3 is 2.79 bits per heavy atom. The summed E-state index contributed by atoms with van der Waals surface area (Å²) in [4.78, 5) is 2.18. The predicted molar refractivity (Wildman–Crippen MR) is 57.4 cm³/mol. The molecule has 76 valence electrons. The number of benzene rings is 1. The van der Waals surface area contributed by atoms with E-state index in [9.17, 15) is 4.39 Å². The second kappa shape index (κ2) is 3.77. The number of halogens is 2. The molecule has 0 spiro atoms. The lowest BCUT2D eigenvalue weighted by atomic mass is 10.2. The highest BCUT2D eigenvalue weighted by atomic mass is 35.5. The summed E-state index contributed by atoms with van der Waals surface area (Å²) in [6.45, 7) is 4.21. The average molecular weight is 214 g/mol. The van der Waals surface area contributed by atoms with Crippen molar-refractivity contribution in [1.29, 1.82) is 0 Å². The normalized spacial score (nSPS) is 21.6. The Kier molecular flexibility index (Phi) is 2.64. The van der Waals surface area contributed by atoms with Gasteiger partial charge in [-0.2, -0.15) is 0 Å². The van der Waals surface area contributed by atoms with Gasteiger partial charge >= 0.3 is 0 Å². The molecule has 0 amide bonds. The molecule has 1 nitrogen and oxygen atoms in total. The first-order valence-corrected chi connectivity index (χ1v) is 5.24. The molecule has 3 heteroatoms. The molecule has 1 aliphatic rings. The molecule has 0 saturated carbocycles. The summed E-state index contributed by atoms with van der Waals surface area (Å²) in [6, 6.07) is 4.71. The summed E-state index contributed by atoms with van der Waals surface area (Å²) in [5, 5.41) is 0.472. The van der Waals surface area contributed by atoms with Crippen molar-refractivity contribution in [2.24, 2.45) is 5.92 Å². The van der Waals surface area contributed by atoms with Gasteiger partial charge in [0.2, 0.25) is 0 Å². The zero-order valence-electron chi connectivity index (χ0n) is 8.13. The number of rotatable bonds is 1. The maximum Gasteiger partial charge on any atom is 0.126 e. The molecule has 1 heterocycles. The van der Waals surface area contributed by atoms with E-state index in [0.717, 1.165) is 18.8 Å². The molecule has 1 unspecified atom stereocenters. The maximum absolute atomic E-state index is 13.1. The Bertz CT molecular complexity index is 320. The van der Waals surface area contributed by atoms with Gasteiger partial charge < -0.3 is 4.90 Å². The standard InChI is InChI=1S/C11H13ClFN/c1-8-2-3-14(7-8)11-5-9(12)4-10(13)6-11/h4-6,8H,2-3,7H2,1H3. The number of hydrogen-bond acceptors (Lipinski definition) is 1. The van der Waals surface area contributed by atoms with Crippen molar-refractivity contribution in [2.75, 3.05) is 18.0 Å². The van der Waals surface area contributed by atoms with E-state index in [0.29, 0.717) is 10.9 Å². The van der Waals surface area contributed by atoms with Gasteiger partial charge in [-0.3, -0.25) is 0 Å². The Balaban J connectivity index is 2.23. The fourth-order valence-corrected chi connectivity index (χ4v) is 2.11. The Hall–Kier alpha value is -0.760. The number of nitrogens with zero attached hydrogens (tertiary/aromatic N) is 1. The van der Waals surface area contributed by atoms with E-state index in [1.54, 1.807) is 6.07 Å². The molecule has 1 fully saturated rings. The lowest BCUT2D eigenvalue weighted by Crippen LogP contribution is -2.19. The van der Waals surface area contributed by atoms with E-state index in [-0.39, 0.29) is 5.82 Å². The molecular weight excluding hydrogens is 201 g/mol. The van der Waals surface area contributed by atoms with E-state index < -0.39 is 0 Å². The van der Waals surface area contributed by atoms with Crippen LogP contribution >= 0.6 is 11.6 Å². The third kappa shape index (κ3) is 2.01. The van der Waals surface area contributed by atoms with Gasteiger partial charge in [0.05, 0.1) is 0 Å². The Morgan fingerprint density at radius 1 is 1.43 bits per heavy atom. The molecule has 0 N–H and O–H groups in total. The molecule has 0 aromatic heterocycles. The van der Waals surface area contributed by atoms with Gasteiger partial charge in [-0.1, -0.05) is 18.5 Å². The largest absolute Gasteiger partial charge is 0.371 e. The zero-order chi connectivity index (χ0) is 10.1. The fraction of sp³-hybridized carbons (Fsp3) is 0.455. The third-order valence-electron chi connectivity index (χ3n) is 2.64. The third-order valence-corrected chi connectivity index (χ3v) is 2.85. The molecule has 0 aliphatic carbocycles. The van der Waals surface area contributed by atoms with E-state index in [4.69, 9.17) is 11.6 Å². The highest BCUT2D eigenvalue weighted by molar-refractivity contribution is 6.30. The highest BCUT2D eigenvalue weighted by Crippen LogP contribution is 2.26.